The summed E-state index contributed by atoms with van der Waals surface area (Å²) in [5, 5.41) is 4.28. The maximum atomic E-state index is 5.68. The fourth-order valence-electron chi connectivity index (χ4n) is 3.67. The van der Waals surface area contributed by atoms with Crippen molar-refractivity contribution in [1.82, 2.24) is 19.7 Å². The third-order valence-corrected chi connectivity index (χ3v) is 5.16. The van der Waals surface area contributed by atoms with Gasteiger partial charge in [-0.05, 0) is 30.0 Å². The van der Waals surface area contributed by atoms with Gasteiger partial charge in [0.1, 0.15) is 18.4 Å². The highest BCUT2D eigenvalue weighted by molar-refractivity contribution is 5.66. The Balaban J connectivity index is 1.43. The molecule has 1 fully saturated rings. The van der Waals surface area contributed by atoms with Crippen molar-refractivity contribution in [3.8, 4) is 16.9 Å². The summed E-state index contributed by atoms with van der Waals surface area (Å²) >= 11 is 0. The molecule has 1 saturated heterocycles. The average molecular weight is 348 g/mol. The Hall–Kier alpha value is -2.66. The molecule has 2 aromatic carbocycles. The normalized spacial score (nSPS) is 15.9. The summed E-state index contributed by atoms with van der Waals surface area (Å²) in [5.74, 6) is 0.963. The molecule has 0 bridgehead atoms. The second-order valence-corrected chi connectivity index (χ2v) is 6.78. The first kappa shape index (κ1) is 16.8. The fourth-order valence-corrected chi connectivity index (χ4v) is 3.67. The van der Waals surface area contributed by atoms with E-state index >= 15 is 0 Å². The molecule has 2 heterocycles. The van der Waals surface area contributed by atoms with Crippen molar-refractivity contribution in [1.29, 1.82) is 0 Å². The first-order valence-corrected chi connectivity index (χ1v) is 9.12. The Morgan fingerprint density at radius 1 is 1.04 bits per heavy atom. The predicted molar refractivity (Wildman–Crippen MR) is 102 cm³/mol. The third-order valence-electron chi connectivity index (χ3n) is 5.16. The van der Waals surface area contributed by atoms with Crippen LogP contribution in [0.15, 0.2) is 61.2 Å². The molecule has 5 nitrogen and oxygen atoms in total. The summed E-state index contributed by atoms with van der Waals surface area (Å²) in [6.45, 7) is 3.05. The van der Waals surface area contributed by atoms with Gasteiger partial charge in [-0.15, -0.1) is 0 Å². The molecule has 0 amide bonds. The summed E-state index contributed by atoms with van der Waals surface area (Å²) in [7, 11) is 1.75. The van der Waals surface area contributed by atoms with E-state index in [0.717, 1.165) is 38.2 Å². The van der Waals surface area contributed by atoms with Gasteiger partial charge in [0.25, 0.3) is 0 Å². The van der Waals surface area contributed by atoms with Crippen LogP contribution in [0, 0.1) is 0 Å². The molecular formula is C21H24N4O. The van der Waals surface area contributed by atoms with E-state index in [9.17, 15) is 0 Å². The van der Waals surface area contributed by atoms with Crippen LogP contribution in [0.1, 0.15) is 24.4 Å². The second-order valence-electron chi connectivity index (χ2n) is 6.78. The van der Waals surface area contributed by atoms with E-state index in [-0.39, 0.29) is 0 Å². The molecule has 1 aromatic heterocycles. The van der Waals surface area contributed by atoms with Crippen LogP contribution >= 0.6 is 0 Å². The number of piperidine rings is 1. The molecule has 0 aliphatic carbocycles. The Kier molecular flexibility index (Phi) is 4.97. The summed E-state index contributed by atoms with van der Waals surface area (Å²) in [4.78, 5) is 6.56. The monoisotopic (exact) mass is 348 g/mol. The summed E-state index contributed by atoms with van der Waals surface area (Å²) < 4.78 is 7.67. The average Bonchev–Trinajstić information content (AvgIpc) is 3.24. The maximum absolute atomic E-state index is 5.68. The fraction of sp³-hybridized carbons (Fsp3) is 0.333. The number of ether oxygens (including phenoxy) is 1. The Morgan fingerprint density at radius 3 is 2.54 bits per heavy atom. The van der Waals surface area contributed by atoms with Gasteiger partial charge < -0.3 is 4.74 Å². The van der Waals surface area contributed by atoms with Crippen molar-refractivity contribution >= 4 is 0 Å². The largest absolute Gasteiger partial charge is 0.496 e. The topological polar surface area (TPSA) is 43.2 Å². The highest BCUT2D eigenvalue weighted by Crippen LogP contribution is 2.29. The zero-order chi connectivity index (χ0) is 17.8. The number of methoxy groups -OCH3 is 1. The van der Waals surface area contributed by atoms with E-state index in [0.29, 0.717) is 6.04 Å². The number of nitrogens with zero attached hydrogens (tertiary/aromatic N) is 4. The number of benzene rings is 2. The number of hydrogen-bond donors (Lipinski definition) is 0. The zero-order valence-corrected chi connectivity index (χ0v) is 15.1. The highest BCUT2D eigenvalue weighted by Gasteiger charge is 2.21. The first-order valence-electron chi connectivity index (χ1n) is 9.12. The molecule has 134 valence electrons. The van der Waals surface area contributed by atoms with E-state index in [1.807, 2.05) is 17.1 Å². The minimum Gasteiger partial charge on any atom is -0.496 e. The van der Waals surface area contributed by atoms with Crippen LogP contribution in [0.4, 0.5) is 0 Å². The third kappa shape index (κ3) is 3.63. The van der Waals surface area contributed by atoms with E-state index in [1.54, 1.807) is 13.4 Å². The molecule has 0 saturated carbocycles. The molecule has 0 atom stereocenters. The van der Waals surface area contributed by atoms with E-state index < -0.39 is 0 Å². The van der Waals surface area contributed by atoms with Crippen LogP contribution in [-0.4, -0.2) is 39.9 Å². The van der Waals surface area contributed by atoms with Crippen molar-refractivity contribution in [2.75, 3.05) is 20.2 Å². The summed E-state index contributed by atoms with van der Waals surface area (Å²) in [6.07, 6.45) is 5.65. The summed E-state index contributed by atoms with van der Waals surface area (Å²) in [6, 6.07) is 17.4. The number of likely N-dealkylation sites (tertiary alicyclic amines) is 1. The number of aromatic nitrogens is 3. The van der Waals surface area contributed by atoms with Crippen LogP contribution in [-0.2, 0) is 6.54 Å². The first-order chi connectivity index (χ1) is 12.8. The minimum absolute atomic E-state index is 0.469. The van der Waals surface area contributed by atoms with Gasteiger partial charge in [0.2, 0.25) is 0 Å². The van der Waals surface area contributed by atoms with Crippen LogP contribution in [0.5, 0.6) is 5.75 Å². The maximum Gasteiger partial charge on any atom is 0.137 e. The zero-order valence-electron chi connectivity index (χ0n) is 15.1. The number of rotatable bonds is 5. The number of hydrogen-bond acceptors (Lipinski definition) is 4. The van der Waals surface area contributed by atoms with Gasteiger partial charge in [-0.3, -0.25) is 4.90 Å². The van der Waals surface area contributed by atoms with E-state index in [2.05, 4.69) is 57.4 Å². The Labute approximate surface area is 154 Å². The van der Waals surface area contributed by atoms with E-state index in [1.165, 1.54) is 16.7 Å². The molecule has 1 aliphatic rings. The summed E-state index contributed by atoms with van der Waals surface area (Å²) in [5.41, 5.74) is 3.65. The van der Waals surface area contributed by atoms with Crippen LogP contribution < -0.4 is 4.74 Å². The van der Waals surface area contributed by atoms with Gasteiger partial charge in [-0.2, -0.15) is 5.10 Å². The molecule has 5 heteroatoms. The van der Waals surface area contributed by atoms with Gasteiger partial charge >= 0.3 is 0 Å². The molecule has 0 unspecified atom stereocenters. The van der Waals surface area contributed by atoms with Crippen LogP contribution in [0.3, 0.4) is 0 Å². The minimum atomic E-state index is 0.469. The smallest absolute Gasteiger partial charge is 0.137 e. The van der Waals surface area contributed by atoms with Crippen LogP contribution in [0.25, 0.3) is 11.1 Å². The van der Waals surface area contributed by atoms with Crippen molar-refractivity contribution in [3.05, 3.63) is 66.7 Å². The second kappa shape index (κ2) is 7.70. The SMILES string of the molecule is COc1cc(-c2ccccc2)ccc1CN1CCC(n2cncn2)CC1. The van der Waals surface area contributed by atoms with Crippen molar-refractivity contribution in [2.45, 2.75) is 25.4 Å². The molecule has 1 aliphatic heterocycles. The van der Waals surface area contributed by atoms with Crippen molar-refractivity contribution in [3.63, 3.8) is 0 Å². The van der Waals surface area contributed by atoms with Crippen LogP contribution in [0.2, 0.25) is 0 Å². The van der Waals surface area contributed by atoms with Gasteiger partial charge in [0, 0.05) is 25.2 Å². The lowest BCUT2D eigenvalue weighted by Crippen LogP contribution is -2.34. The van der Waals surface area contributed by atoms with Gasteiger partial charge in [-0.1, -0.05) is 42.5 Å². The van der Waals surface area contributed by atoms with Gasteiger partial charge in [-0.25, -0.2) is 9.67 Å². The molecule has 26 heavy (non-hydrogen) atoms. The van der Waals surface area contributed by atoms with Crippen molar-refractivity contribution in [2.24, 2.45) is 0 Å². The molecule has 0 radical (unpaired) electrons. The lowest BCUT2D eigenvalue weighted by atomic mass is 10.0. The van der Waals surface area contributed by atoms with Gasteiger partial charge in [0.15, 0.2) is 0 Å². The van der Waals surface area contributed by atoms with Gasteiger partial charge in [0.05, 0.1) is 13.2 Å². The lowest BCUT2D eigenvalue weighted by molar-refractivity contribution is 0.171. The van der Waals surface area contributed by atoms with Crippen molar-refractivity contribution < 1.29 is 4.74 Å². The standard InChI is InChI=1S/C21H24N4O/c1-26-21-13-18(17-5-3-2-4-6-17)7-8-19(21)14-24-11-9-20(10-12-24)25-16-22-15-23-25/h2-8,13,15-16,20H,9-12,14H2,1H3. The molecule has 4 rings (SSSR count). The quantitative estimate of drug-likeness (QED) is 0.704. The lowest BCUT2D eigenvalue weighted by Gasteiger charge is -2.32. The highest BCUT2D eigenvalue weighted by atomic mass is 16.5. The molecule has 3 aromatic rings. The molecule has 0 spiro atoms. The molecule has 0 N–H and O–H groups in total. The molecular weight excluding hydrogens is 324 g/mol. The van der Waals surface area contributed by atoms with E-state index in [4.69, 9.17) is 4.74 Å². The predicted octanol–water partition coefficient (Wildman–Crippen LogP) is 3.79. The Morgan fingerprint density at radius 2 is 1.85 bits per heavy atom. The Bertz CT molecular complexity index is 824.